The molecule has 4 heteroatoms. The summed E-state index contributed by atoms with van der Waals surface area (Å²) in [6, 6.07) is 0. The van der Waals surface area contributed by atoms with Crippen molar-refractivity contribution in [1.82, 2.24) is 15.3 Å². The summed E-state index contributed by atoms with van der Waals surface area (Å²) in [5, 5.41) is 2.87. The lowest BCUT2D eigenvalue weighted by atomic mass is 10.1. The third kappa shape index (κ3) is 3.89. The van der Waals surface area contributed by atoms with E-state index in [4.69, 9.17) is 0 Å². The molecule has 0 aromatic carbocycles. The zero-order chi connectivity index (χ0) is 10.4. The van der Waals surface area contributed by atoms with Crippen molar-refractivity contribution in [1.29, 1.82) is 0 Å². The number of nitrogens with zero attached hydrogens (tertiary/aromatic N) is 2. The van der Waals surface area contributed by atoms with Crippen LogP contribution in [-0.4, -0.2) is 21.8 Å². The third-order valence-corrected chi connectivity index (χ3v) is 1.69. The number of aliphatic imine (C=N–C) groups is 1. The summed E-state index contributed by atoms with van der Waals surface area (Å²) in [4.78, 5) is 10.8. The Morgan fingerprint density at radius 3 is 2.36 bits per heavy atom. The first-order valence-corrected chi connectivity index (χ1v) is 4.52. The zero-order valence-electron chi connectivity index (χ0n) is 8.78. The van der Waals surface area contributed by atoms with E-state index in [1.807, 2.05) is 19.2 Å². The van der Waals surface area contributed by atoms with Gasteiger partial charge in [-0.3, -0.25) is 4.99 Å². The van der Waals surface area contributed by atoms with Gasteiger partial charge >= 0.3 is 0 Å². The van der Waals surface area contributed by atoms with Crippen molar-refractivity contribution < 1.29 is 0 Å². The number of hydrogen-bond donors (Lipinski definition) is 2. The monoisotopic (exact) mass is 192 g/mol. The maximum Gasteiger partial charge on any atom is 0.0921 e. The van der Waals surface area contributed by atoms with Gasteiger partial charge in [-0.2, -0.15) is 0 Å². The van der Waals surface area contributed by atoms with Crippen LogP contribution < -0.4 is 5.32 Å². The summed E-state index contributed by atoms with van der Waals surface area (Å²) in [5.74, 6) is 0. The Morgan fingerprint density at radius 2 is 2.14 bits per heavy atom. The highest BCUT2D eigenvalue weighted by Crippen LogP contribution is 2.10. The summed E-state index contributed by atoms with van der Waals surface area (Å²) < 4.78 is 0. The largest absolute Gasteiger partial charge is 0.353 e. The first-order chi connectivity index (χ1) is 6.60. The standard InChI is InChI=1S/C6H10N2.C4H6N2/c1-6(2)3-4-7-5-8-6;1-4-2-5-3-6-4/h3-5H,1-2H3,(H,7,8);2-3H,1H3,(H,5,6). The molecular formula is C10H16N4. The van der Waals surface area contributed by atoms with Gasteiger partial charge in [-0.25, -0.2) is 4.98 Å². The van der Waals surface area contributed by atoms with E-state index in [9.17, 15) is 0 Å². The Kier molecular flexibility index (Phi) is 3.45. The molecule has 14 heavy (non-hydrogen) atoms. The van der Waals surface area contributed by atoms with Gasteiger partial charge in [0.2, 0.25) is 0 Å². The zero-order valence-corrected chi connectivity index (χ0v) is 8.78. The number of H-pyrrole nitrogens is 1. The van der Waals surface area contributed by atoms with Gasteiger partial charge in [0.15, 0.2) is 0 Å². The molecule has 1 aromatic heterocycles. The average molecular weight is 192 g/mol. The summed E-state index contributed by atoms with van der Waals surface area (Å²) in [7, 11) is 0. The first kappa shape index (κ1) is 10.5. The number of imidazole rings is 1. The molecule has 0 saturated heterocycles. The van der Waals surface area contributed by atoms with Gasteiger partial charge in [0.05, 0.1) is 18.2 Å². The van der Waals surface area contributed by atoms with Crippen molar-refractivity contribution in [3.8, 4) is 0 Å². The molecule has 1 aliphatic heterocycles. The molecule has 2 rings (SSSR count). The van der Waals surface area contributed by atoms with E-state index in [2.05, 4.69) is 34.1 Å². The first-order valence-electron chi connectivity index (χ1n) is 4.52. The predicted octanol–water partition coefficient (Wildman–Crippen LogP) is 1.63. The highest BCUT2D eigenvalue weighted by Gasteiger charge is 2.10. The second-order valence-corrected chi connectivity index (χ2v) is 3.65. The van der Waals surface area contributed by atoms with E-state index in [-0.39, 0.29) is 5.54 Å². The van der Waals surface area contributed by atoms with E-state index in [1.165, 1.54) is 0 Å². The fourth-order valence-corrected chi connectivity index (χ4v) is 0.867. The van der Waals surface area contributed by atoms with Crippen molar-refractivity contribution in [2.45, 2.75) is 26.3 Å². The van der Waals surface area contributed by atoms with Crippen LogP contribution in [0.2, 0.25) is 0 Å². The molecule has 0 atom stereocenters. The Labute approximate surface area is 84.2 Å². The van der Waals surface area contributed by atoms with E-state index in [0.29, 0.717) is 0 Å². The lowest BCUT2D eigenvalue weighted by Crippen LogP contribution is -2.20. The number of aryl methyl sites for hydroxylation is 1. The minimum absolute atomic E-state index is 0.00521. The van der Waals surface area contributed by atoms with Gasteiger partial charge in [-0.1, -0.05) is 0 Å². The Balaban J connectivity index is 0.000000146. The van der Waals surface area contributed by atoms with Crippen LogP contribution in [0.4, 0.5) is 0 Å². The summed E-state index contributed by atoms with van der Waals surface area (Å²) >= 11 is 0. The molecule has 0 aliphatic carbocycles. The van der Waals surface area contributed by atoms with E-state index >= 15 is 0 Å². The highest BCUT2D eigenvalue weighted by molar-refractivity contribution is 5.58. The van der Waals surface area contributed by atoms with Crippen molar-refractivity contribution >= 4 is 6.34 Å². The van der Waals surface area contributed by atoms with Gasteiger partial charge in [-0.15, -0.1) is 0 Å². The van der Waals surface area contributed by atoms with Gasteiger partial charge in [0.25, 0.3) is 0 Å². The van der Waals surface area contributed by atoms with Crippen LogP contribution in [0.3, 0.4) is 0 Å². The highest BCUT2D eigenvalue weighted by atomic mass is 15.0. The molecule has 2 heterocycles. The normalized spacial score (nSPS) is 16.8. The van der Waals surface area contributed by atoms with Crippen LogP contribution in [0.1, 0.15) is 19.5 Å². The minimum atomic E-state index is 0.00521. The summed E-state index contributed by atoms with van der Waals surface area (Å²) in [6.07, 6.45) is 9.06. The molecule has 1 aliphatic rings. The van der Waals surface area contributed by atoms with Crippen LogP contribution in [0.5, 0.6) is 0 Å². The molecule has 0 unspecified atom stereocenters. The Hall–Kier alpha value is -1.58. The molecule has 4 nitrogen and oxygen atoms in total. The number of aromatic amines is 1. The maximum atomic E-state index is 4.14. The topological polar surface area (TPSA) is 53.1 Å². The molecule has 1 aromatic rings. The summed E-state index contributed by atoms with van der Waals surface area (Å²) in [6.45, 7) is 6.08. The van der Waals surface area contributed by atoms with Crippen LogP contribution in [0, 0.1) is 6.92 Å². The average Bonchev–Trinajstić information content (AvgIpc) is 2.56. The van der Waals surface area contributed by atoms with Crippen molar-refractivity contribution in [3.63, 3.8) is 0 Å². The molecule has 0 amide bonds. The third-order valence-electron chi connectivity index (χ3n) is 1.69. The SMILES string of the molecule is CC1(C)C=CNC=N1.Cc1cnc[nH]1. The quantitative estimate of drug-likeness (QED) is 0.656. The van der Waals surface area contributed by atoms with E-state index < -0.39 is 0 Å². The molecule has 0 saturated carbocycles. The van der Waals surface area contributed by atoms with Gasteiger partial charge in [0.1, 0.15) is 0 Å². The Morgan fingerprint density at radius 1 is 1.36 bits per heavy atom. The maximum absolute atomic E-state index is 4.14. The van der Waals surface area contributed by atoms with Gasteiger partial charge in [0, 0.05) is 18.1 Å². The lowest BCUT2D eigenvalue weighted by Gasteiger charge is -2.16. The fourth-order valence-electron chi connectivity index (χ4n) is 0.867. The fraction of sp³-hybridized carbons (Fsp3) is 0.400. The van der Waals surface area contributed by atoms with Crippen LogP contribution in [-0.2, 0) is 0 Å². The van der Waals surface area contributed by atoms with Crippen molar-refractivity contribution in [2.75, 3.05) is 0 Å². The number of hydrogen-bond acceptors (Lipinski definition) is 3. The van der Waals surface area contributed by atoms with Gasteiger partial charge in [-0.05, 0) is 26.8 Å². The van der Waals surface area contributed by atoms with Crippen LogP contribution in [0.15, 0.2) is 29.8 Å². The number of rotatable bonds is 0. The number of aromatic nitrogens is 2. The molecule has 76 valence electrons. The summed E-state index contributed by atoms with van der Waals surface area (Å²) in [5.41, 5.74) is 1.11. The number of nitrogens with one attached hydrogen (secondary N) is 2. The van der Waals surface area contributed by atoms with E-state index in [0.717, 1.165) is 5.69 Å². The molecule has 0 spiro atoms. The Bertz CT molecular complexity index is 295. The van der Waals surface area contributed by atoms with Crippen LogP contribution >= 0.6 is 0 Å². The molecule has 2 N–H and O–H groups in total. The van der Waals surface area contributed by atoms with Gasteiger partial charge < -0.3 is 10.3 Å². The lowest BCUT2D eigenvalue weighted by molar-refractivity contribution is 0.646. The predicted molar refractivity (Wildman–Crippen MR) is 58.2 cm³/mol. The molecule has 0 radical (unpaired) electrons. The molecule has 0 fully saturated rings. The van der Waals surface area contributed by atoms with Crippen molar-refractivity contribution in [3.05, 3.63) is 30.5 Å². The second kappa shape index (κ2) is 4.60. The minimum Gasteiger partial charge on any atom is -0.353 e. The van der Waals surface area contributed by atoms with Crippen molar-refractivity contribution in [2.24, 2.45) is 4.99 Å². The molecular weight excluding hydrogens is 176 g/mol. The smallest absolute Gasteiger partial charge is 0.0921 e. The second-order valence-electron chi connectivity index (χ2n) is 3.65. The van der Waals surface area contributed by atoms with Crippen LogP contribution in [0.25, 0.3) is 0 Å². The van der Waals surface area contributed by atoms with E-state index in [1.54, 1.807) is 18.9 Å². The molecule has 0 bridgehead atoms.